The molecule has 2 atom stereocenters. The van der Waals surface area contributed by atoms with Crippen molar-refractivity contribution in [3.05, 3.63) is 65.4 Å². The number of aryl methyl sites for hydroxylation is 1. The van der Waals surface area contributed by atoms with Crippen molar-refractivity contribution in [2.45, 2.75) is 31.9 Å². The van der Waals surface area contributed by atoms with E-state index in [0.717, 1.165) is 5.56 Å². The second kappa shape index (κ2) is 7.22. The Morgan fingerprint density at radius 3 is 2.84 bits per heavy atom. The summed E-state index contributed by atoms with van der Waals surface area (Å²) in [6, 6.07) is 7.75. The number of benzene rings is 1. The summed E-state index contributed by atoms with van der Waals surface area (Å²) >= 11 is 0. The Labute approximate surface area is 173 Å². The molecule has 3 heterocycles. The van der Waals surface area contributed by atoms with E-state index in [1.54, 1.807) is 18.2 Å². The summed E-state index contributed by atoms with van der Waals surface area (Å²) in [7, 11) is 0. The summed E-state index contributed by atoms with van der Waals surface area (Å²) < 4.78 is 45.6. The van der Waals surface area contributed by atoms with Gasteiger partial charge >= 0.3 is 0 Å². The van der Waals surface area contributed by atoms with Crippen molar-refractivity contribution in [3.63, 3.8) is 0 Å². The van der Waals surface area contributed by atoms with E-state index >= 15 is 0 Å². The molecule has 0 unspecified atom stereocenters. The molecule has 0 bridgehead atoms. The molecule has 1 amide bonds. The molecular weight excluding hydrogens is 411 g/mol. The number of rotatable bonds is 5. The van der Waals surface area contributed by atoms with E-state index in [1.807, 2.05) is 6.92 Å². The van der Waals surface area contributed by atoms with Gasteiger partial charge in [-0.15, -0.1) is 0 Å². The van der Waals surface area contributed by atoms with E-state index in [2.05, 4.69) is 20.4 Å². The van der Waals surface area contributed by atoms with Gasteiger partial charge in [0.2, 0.25) is 11.7 Å². The lowest BCUT2D eigenvalue weighted by atomic mass is 10.1. The minimum atomic E-state index is -2.62. The van der Waals surface area contributed by atoms with Crippen LogP contribution >= 0.6 is 0 Å². The maximum absolute atomic E-state index is 13.2. The van der Waals surface area contributed by atoms with Crippen molar-refractivity contribution in [2.75, 3.05) is 5.32 Å². The third kappa shape index (κ3) is 3.54. The fraction of sp³-hybridized carbons (Fsp3) is 0.238. The Kier molecular flexibility index (Phi) is 4.49. The van der Waals surface area contributed by atoms with Gasteiger partial charge in [-0.25, -0.2) is 18.2 Å². The Balaban J connectivity index is 1.41. The number of hydrogen-bond acceptors (Lipinski definition) is 5. The molecule has 5 rings (SSSR count). The summed E-state index contributed by atoms with van der Waals surface area (Å²) in [5.74, 6) is -0.224. The Hall–Kier alpha value is -3.69. The number of nitrogens with one attached hydrogen (secondary N) is 1. The molecule has 1 fully saturated rings. The van der Waals surface area contributed by atoms with Crippen LogP contribution in [0.15, 0.2) is 47.2 Å². The molecule has 1 N–H and O–H groups in total. The molecule has 0 radical (unpaired) electrons. The van der Waals surface area contributed by atoms with Crippen LogP contribution in [0.3, 0.4) is 0 Å². The van der Waals surface area contributed by atoms with Crippen LogP contribution in [-0.2, 0) is 0 Å². The first-order valence-corrected chi connectivity index (χ1v) is 9.56. The minimum Gasteiger partial charge on any atom is -0.339 e. The Morgan fingerprint density at radius 2 is 2.10 bits per heavy atom. The average molecular weight is 427 g/mol. The highest BCUT2D eigenvalue weighted by atomic mass is 19.3. The van der Waals surface area contributed by atoms with Crippen molar-refractivity contribution in [1.82, 2.24) is 19.5 Å². The summed E-state index contributed by atoms with van der Waals surface area (Å²) in [5, 5.41) is 6.71. The first-order chi connectivity index (χ1) is 14.9. The zero-order valence-electron chi connectivity index (χ0n) is 16.2. The average Bonchev–Trinajstić information content (AvgIpc) is 3.16. The molecular formula is C21H16F3N5O2. The maximum atomic E-state index is 13.2. The van der Waals surface area contributed by atoms with Gasteiger partial charge in [0, 0.05) is 23.0 Å². The monoisotopic (exact) mass is 427 g/mol. The van der Waals surface area contributed by atoms with E-state index in [9.17, 15) is 18.0 Å². The number of pyridine rings is 1. The molecule has 1 aliphatic carbocycles. The van der Waals surface area contributed by atoms with Crippen molar-refractivity contribution < 1.29 is 22.5 Å². The molecule has 31 heavy (non-hydrogen) atoms. The molecule has 1 aliphatic rings. The molecule has 3 aromatic heterocycles. The van der Waals surface area contributed by atoms with Crippen LogP contribution in [0.1, 0.15) is 46.3 Å². The lowest BCUT2D eigenvalue weighted by molar-refractivity contribution is 0.102. The van der Waals surface area contributed by atoms with Crippen LogP contribution in [0.25, 0.3) is 17.0 Å². The number of imidazole rings is 1. The van der Waals surface area contributed by atoms with E-state index < -0.39 is 18.5 Å². The predicted molar refractivity (Wildman–Crippen MR) is 105 cm³/mol. The van der Waals surface area contributed by atoms with Gasteiger partial charge in [0.15, 0.2) is 0 Å². The van der Waals surface area contributed by atoms with Crippen molar-refractivity contribution in [1.29, 1.82) is 0 Å². The van der Waals surface area contributed by atoms with Gasteiger partial charge < -0.3 is 9.84 Å². The standard InChI is InChI=1S/C21H16F3N5O2/c1-10-2-3-12(19-27-21(31-28-19)13-8-14(13)22)6-15(10)26-20(30)16-9-25-17-7-11(18(23)24)4-5-29(16)17/h2-7,9,13-14,18H,8H2,1H3,(H,26,30)/t13-,14-/m0/s1. The van der Waals surface area contributed by atoms with Crippen LogP contribution in [-0.4, -0.2) is 31.6 Å². The number of alkyl halides is 3. The second-order valence-electron chi connectivity index (χ2n) is 7.43. The van der Waals surface area contributed by atoms with E-state index in [-0.39, 0.29) is 28.7 Å². The molecule has 158 valence electrons. The first-order valence-electron chi connectivity index (χ1n) is 9.56. The van der Waals surface area contributed by atoms with Crippen LogP contribution in [0.2, 0.25) is 0 Å². The van der Waals surface area contributed by atoms with Crippen LogP contribution < -0.4 is 5.32 Å². The fourth-order valence-corrected chi connectivity index (χ4v) is 3.30. The zero-order chi connectivity index (χ0) is 21.7. The SMILES string of the molecule is Cc1ccc(-c2noc([C@H]3C[C@@H]3F)n2)cc1NC(=O)c1cnc2cc(C(F)F)ccn12. The Morgan fingerprint density at radius 1 is 1.29 bits per heavy atom. The first kappa shape index (κ1) is 19.3. The smallest absolute Gasteiger partial charge is 0.274 e. The van der Waals surface area contributed by atoms with Gasteiger partial charge in [0.05, 0.1) is 12.1 Å². The van der Waals surface area contributed by atoms with Gasteiger partial charge in [0.25, 0.3) is 12.3 Å². The molecule has 7 nitrogen and oxygen atoms in total. The lowest BCUT2D eigenvalue weighted by Gasteiger charge is -2.10. The number of carbonyl (C=O) groups excluding carboxylic acids is 1. The van der Waals surface area contributed by atoms with Crippen molar-refractivity contribution in [3.8, 4) is 11.4 Å². The number of anilines is 1. The highest BCUT2D eigenvalue weighted by Crippen LogP contribution is 2.43. The molecule has 4 aromatic rings. The highest BCUT2D eigenvalue weighted by molar-refractivity contribution is 6.04. The normalized spacial score (nSPS) is 18.0. The lowest BCUT2D eigenvalue weighted by Crippen LogP contribution is -2.15. The molecule has 0 spiro atoms. The molecule has 10 heteroatoms. The van der Waals surface area contributed by atoms with Gasteiger partial charge in [-0.05, 0) is 37.1 Å². The number of halogens is 3. The quantitative estimate of drug-likeness (QED) is 0.499. The summed E-state index contributed by atoms with van der Waals surface area (Å²) in [6.45, 7) is 1.82. The molecule has 0 saturated heterocycles. The van der Waals surface area contributed by atoms with E-state index in [4.69, 9.17) is 4.52 Å². The topological polar surface area (TPSA) is 85.3 Å². The summed E-state index contributed by atoms with van der Waals surface area (Å²) in [6.07, 6.45) is -0.462. The van der Waals surface area contributed by atoms with Crippen molar-refractivity contribution in [2.24, 2.45) is 0 Å². The van der Waals surface area contributed by atoms with Gasteiger partial charge in [-0.2, -0.15) is 4.98 Å². The van der Waals surface area contributed by atoms with Crippen molar-refractivity contribution >= 4 is 17.2 Å². The zero-order valence-corrected chi connectivity index (χ0v) is 16.2. The predicted octanol–water partition coefficient (Wildman–Crippen LogP) is 4.71. The van der Waals surface area contributed by atoms with Gasteiger partial charge in [-0.1, -0.05) is 17.3 Å². The minimum absolute atomic E-state index is 0.168. The third-order valence-corrected chi connectivity index (χ3v) is 5.24. The number of aromatic nitrogens is 4. The Bertz CT molecular complexity index is 1300. The summed E-state index contributed by atoms with van der Waals surface area (Å²) in [5.41, 5.74) is 2.19. The molecule has 1 aromatic carbocycles. The number of hydrogen-bond donors (Lipinski definition) is 1. The van der Waals surface area contributed by atoms with Crippen LogP contribution in [0, 0.1) is 6.92 Å². The maximum Gasteiger partial charge on any atom is 0.274 e. The van der Waals surface area contributed by atoms with E-state index in [1.165, 1.54) is 28.9 Å². The van der Waals surface area contributed by atoms with Gasteiger partial charge in [0.1, 0.15) is 17.5 Å². The largest absolute Gasteiger partial charge is 0.339 e. The molecule has 0 aliphatic heterocycles. The number of carbonyl (C=O) groups is 1. The number of amides is 1. The van der Waals surface area contributed by atoms with Gasteiger partial charge in [-0.3, -0.25) is 9.20 Å². The fourth-order valence-electron chi connectivity index (χ4n) is 3.30. The second-order valence-corrected chi connectivity index (χ2v) is 7.43. The summed E-state index contributed by atoms with van der Waals surface area (Å²) in [4.78, 5) is 21.1. The highest BCUT2D eigenvalue weighted by Gasteiger charge is 2.43. The number of nitrogens with zero attached hydrogens (tertiary/aromatic N) is 4. The van der Waals surface area contributed by atoms with E-state index in [0.29, 0.717) is 23.5 Å². The third-order valence-electron chi connectivity index (χ3n) is 5.24. The molecule has 1 saturated carbocycles. The van der Waals surface area contributed by atoms with Crippen LogP contribution in [0.5, 0.6) is 0 Å². The number of fused-ring (bicyclic) bond motifs is 1. The van der Waals surface area contributed by atoms with Crippen LogP contribution in [0.4, 0.5) is 18.9 Å².